The molecule has 120 valence electrons. The van der Waals surface area contributed by atoms with Gasteiger partial charge in [0.15, 0.2) is 11.5 Å². The first-order valence-electron chi connectivity index (χ1n) is 7.04. The quantitative estimate of drug-likeness (QED) is 0.687. The van der Waals surface area contributed by atoms with Crippen molar-refractivity contribution in [2.24, 2.45) is 0 Å². The fraction of sp³-hybridized carbons (Fsp3) is 0.500. The molecule has 0 aromatic heterocycles. The number of ether oxygens (including phenoxy) is 3. The normalized spacial score (nSPS) is 9.77. The van der Waals surface area contributed by atoms with Crippen LogP contribution in [0.25, 0.3) is 0 Å². The molecular weight excluding hydrogens is 284 g/mol. The van der Waals surface area contributed by atoms with Gasteiger partial charge in [-0.2, -0.15) is 5.26 Å². The molecule has 0 N–H and O–H groups in total. The number of rotatable bonds is 8. The smallest absolute Gasteiger partial charge is 0.223 e. The average Bonchev–Trinajstić information content (AvgIpc) is 2.56. The fourth-order valence-electron chi connectivity index (χ4n) is 2.15. The molecule has 0 unspecified atom stereocenters. The van der Waals surface area contributed by atoms with E-state index in [1.165, 1.54) is 4.90 Å². The Kier molecular flexibility index (Phi) is 7.03. The summed E-state index contributed by atoms with van der Waals surface area (Å²) in [5.74, 6) is 1.61. The molecule has 0 bridgehead atoms. The van der Waals surface area contributed by atoms with E-state index in [1.54, 1.807) is 21.3 Å². The molecule has 0 atom stereocenters. The SMILES string of the molecule is CCN(CC#N)C(=O)CCc1cc(OC)c(OC)c(OC)c1. The maximum absolute atomic E-state index is 12.1. The molecule has 0 aliphatic rings. The second-order valence-electron chi connectivity index (χ2n) is 4.60. The highest BCUT2D eigenvalue weighted by atomic mass is 16.5. The topological polar surface area (TPSA) is 71.8 Å². The Hall–Kier alpha value is -2.42. The highest BCUT2D eigenvalue weighted by Gasteiger charge is 2.15. The lowest BCUT2D eigenvalue weighted by Gasteiger charge is -2.18. The third-order valence-electron chi connectivity index (χ3n) is 3.35. The predicted molar refractivity (Wildman–Crippen MR) is 82.3 cm³/mol. The number of amides is 1. The highest BCUT2D eigenvalue weighted by Crippen LogP contribution is 2.38. The van der Waals surface area contributed by atoms with E-state index in [4.69, 9.17) is 19.5 Å². The van der Waals surface area contributed by atoms with Crippen LogP contribution in [0.4, 0.5) is 0 Å². The van der Waals surface area contributed by atoms with Crippen molar-refractivity contribution < 1.29 is 19.0 Å². The molecular formula is C16H22N2O4. The molecule has 22 heavy (non-hydrogen) atoms. The lowest BCUT2D eigenvalue weighted by atomic mass is 10.1. The van der Waals surface area contributed by atoms with Gasteiger partial charge in [-0.1, -0.05) is 0 Å². The van der Waals surface area contributed by atoms with Gasteiger partial charge in [0.25, 0.3) is 0 Å². The van der Waals surface area contributed by atoms with E-state index in [2.05, 4.69) is 0 Å². The molecule has 0 heterocycles. The van der Waals surface area contributed by atoms with Crippen LogP contribution in [0.3, 0.4) is 0 Å². The van der Waals surface area contributed by atoms with Gasteiger partial charge in [0, 0.05) is 13.0 Å². The standard InChI is InChI=1S/C16H22N2O4/c1-5-18(9-8-17)15(19)7-6-12-10-13(20-2)16(22-4)14(11-12)21-3/h10-11H,5-7,9H2,1-4H3. The van der Waals surface area contributed by atoms with Gasteiger partial charge in [-0.05, 0) is 31.0 Å². The minimum absolute atomic E-state index is 0.0437. The summed E-state index contributed by atoms with van der Waals surface area (Å²) in [6.07, 6.45) is 0.867. The third kappa shape index (κ3) is 4.29. The number of carbonyl (C=O) groups excluding carboxylic acids is 1. The Balaban J connectivity index is 2.86. The predicted octanol–water partition coefficient (Wildman–Crippen LogP) is 2.02. The minimum atomic E-state index is -0.0437. The zero-order valence-corrected chi connectivity index (χ0v) is 13.5. The van der Waals surface area contributed by atoms with E-state index >= 15 is 0 Å². The molecule has 1 amide bonds. The molecule has 0 spiro atoms. The van der Waals surface area contributed by atoms with Crippen molar-refractivity contribution in [3.63, 3.8) is 0 Å². The summed E-state index contributed by atoms with van der Waals surface area (Å²) < 4.78 is 15.8. The highest BCUT2D eigenvalue weighted by molar-refractivity contribution is 5.76. The van der Waals surface area contributed by atoms with Crippen molar-refractivity contribution in [1.29, 1.82) is 5.26 Å². The second-order valence-corrected chi connectivity index (χ2v) is 4.60. The molecule has 0 aliphatic heterocycles. The van der Waals surface area contributed by atoms with Gasteiger partial charge in [-0.25, -0.2) is 0 Å². The molecule has 0 saturated carbocycles. The molecule has 1 aromatic rings. The summed E-state index contributed by atoms with van der Waals surface area (Å²) in [5, 5.41) is 8.71. The van der Waals surface area contributed by atoms with E-state index in [0.29, 0.717) is 36.6 Å². The number of nitrogens with zero attached hydrogens (tertiary/aromatic N) is 2. The van der Waals surface area contributed by atoms with Crippen LogP contribution in [0.5, 0.6) is 17.2 Å². The van der Waals surface area contributed by atoms with Crippen LogP contribution >= 0.6 is 0 Å². The maximum Gasteiger partial charge on any atom is 0.223 e. The van der Waals surface area contributed by atoms with Crippen molar-refractivity contribution in [2.75, 3.05) is 34.4 Å². The van der Waals surface area contributed by atoms with E-state index in [1.807, 2.05) is 25.1 Å². The fourth-order valence-corrected chi connectivity index (χ4v) is 2.15. The zero-order chi connectivity index (χ0) is 16.5. The van der Waals surface area contributed by atoms with Crippen molar-refractivity contribution in [1.82, 2.24) is 4.90 Å². The van der Waals surface area contributed by atoms with Crippen molar-refractivity contribution >= 4 is 5.91 Å². The number of aryl methyl sites for hydroxylation is 1. The number of benzene rings is 1. The summed E-state index contributed by atoms with van der Waals surface area (Å²) >= 11 is 0. The first-order chi connectivity index (χ1) is 10.6. The lowest BCUT2D eigenvalue weighted by molar-refractivity contribution is -0.130. The van der Waals surface area contributed by atoms with Crippen LogP contribution in [0, 0.1) is 11.3 Å². The van der Waals surface area contributed by atoms with E-state index in [-0.39, 0.29) is 12.5 Å². The third-order valence-corrected chi connectivity index (χ3v) is 3.35. The van der Waals surface area contributed by atoms with Crippen molar-refractivity contribution in [2.45, 2.75) is 19.8 Å². The van der Waals surface area contributed by atoms with Gasteiger partial charge in [-0.15, -0.1) is 0 Å². The summed E-state index contributed by atoms with van der Waals surface area (Å²) in [6.45, 7) is 2.50. The number of hydrogen-bond acceptors (Lipinski definition) is 5. The van der Waals surface area contributed by atoms with Gasteiger partial charge < -0.3 is 19.1 Å². The van der Waals surface area contributed by atoms with Crippen LogP contribution in [0.2, 0.25) is 0 Å². The molecule has 0 fully saturated rings. The molecule has 0 saturated heterocycles. The Morgan fingerprint density at radius 1 is 1.18 bits per heavy atom. The van der Waals surface area contributed by atoms with Crippen LogP contribution in [0.15, 0.2) is 12.1 Å². The van der Waals surface area contributed by atoms with E-state index in [0.717, 1.165) is 5.56 Å². The van der Waals surface area contributed by atoms with Gasteiger partial charge in [0.05, 0.1) is 27.4 Å². The first kappa shape index (κ1) is 17.6. The maximum atomic E-state index is 12.1. The van der Waals surface area contributed by atoms with Crippen LogP contribution < -0.4 is 14.2 Å². The first-order valence-corrected chi connectivity index (χ1v) is 7.04. The van der Waals surface area contributed by atoms with Crippen molar-refractivity contribution in [3.05, 3.63) is 17.7 Å². The Morgan fingerprint density at radius 3 is 2.18 bits per heavy atom. The van der Waals surface area contributed by atoms with Gasteiger partial charge >= 0.3 is 0 Å². The van der Waals surface area contributed by atoms with Gasteiger partial charge in [-0.3, -0.25) is 4.79 Å². The Labute approximate surface area is 131 Å². The van der Waals surface area contributed by atoms with Crippen LogP contribution in [-0.2, 0) is 11.2 Å². The van der Waals surface area contributed by atoms with Crippen LogP contribution in [0.1, 0.15) is 18.9 Å². The number of nitriles is 1. The van der Waals surface area contributed by atoms with Crippen LogP contribution in [-0.4, -0.2) is 45.2 Å². The lowest BCUT2D eigenvalue weighted by Crippen LogP contribution is -2.31. The summed E-state index contributed by atoms with van der Waals surface area (Å²) in [7, 11) is 4.65. The summed E-state index contributed by atoms with van der Waals surface area (Å²) in [5.41, 5.74) is 0.913. The molecule has 6 nitrogen and oxygen atoms in total. The zero-order valence-electron chi connectivity index (χ0n) is 13.5. The molecule has 0 aliphatic carbocycles. The largest absolute Gasteiger partial charge is 0.493 e. The second kappa shape index (κ2) is 8.78. The van der Waals surface area contributed by atoms with E-state index < -0.39 is 0 Å². The van der Waals surface area contributed by atoms with E-state index in [9.17, 15) is 4.79 Å². The summed E-state index contributed by atoms with van der Waals surface area (Å²) in [4.78, 5) is 13.6. The van der Waals surface area contributed by atoms with Crippen molar-refractivity contribution in [3.8, 4) is 23.3 Å². The molecule has 1 aromatic carbocycles. The summed E-state index contributed by atoms with van der Waals surface area (Å²) in [6, 6.07) is 5.66. The average molecular weight is 306 g/mol. The molecule has 1 rings (SSSR count). The monoisotopic (exact) mass is 306 g/mol. The Morgan fingerprint density at radius 2 is 1.77 bits per heavy atom. The van der Waals surface area contributed by atoms with Gasteiger partial charge in [0.1, 0.15) is 6.54 Å². The minimum Gasteiger partial charge on any atom is -0.493 e. The molecule has 6 heteroatoms. The Bertz CT molecular complexity index is 527. The molecule has 0 radical (unpaired) electrons. The number of methoxy groups -OCH3 is 3. The number of carbonyl (C=O) groups is 1. The number of hydrogen-bond donors (Lipinski definition) is 0. The van der Waals surface area contributed by atoms with Gasteiger partial charge in [0.2, 0.25) is 11.7 Å².